The van der Waals surface area contributed by atoms with Gasteiger partial charge in [0, 0.05) is 12.2 Å². The van der Waals surface area contributed by atoms with Gasteiger partial charge in [0.05, 0.1) is 50.8 Å². The zero-order valence-corrected chi connectivity index (χ0v) is 38.8. The SMILES string of the molecule is C=CC(=O)OCCCCOc1ccc(C(=O)Oc2ccc(/C=C(\C#N)C(=O)O[C@H]3CO[C@H]4[C@@H]3OC[C@H]4OC(=O)/C(C#N)=C/c3ccc(OC(=O)c4ccc(OCCCCOC(=O)C=C)cc4)cc3)cc2)cc1. The topological polar surface area (TPSA) is 242 Å². The lowest BCUT2D eigenvalue weighted by Gasteiger charge is -2.17. The van der Waals surface area contributed by atoms with Crippen LogP contribution >= 0.6 is 0 Å². The van der Waals surface area contributed by atoms with Crippen LogP contribution in [-0.2, 0) is 47.6 Å². The van der Waals surface area contributed by atoms with E-state index < -0.39 is 60.2 Å². The Hall–Kier alpha value is -8.84. The Balaban J connectivity index is 0.922. The van der Waals surface area contributed by atoms with Crippen molar-refractivity contribution in [2.45, 2.75) is 50.1 Å². The number of rotatable bonds is 24. The summed E-state index contributed by atoms with van der Waals surface area (Å²) in [5.41, 5.74) is 0.780. The van der Waals surface area contributed by atoms with Crippen molar-refractivity contribution in [3.63, 3.8) is 0 Å². The van der Waals surface area contributed by atoms with E-state index >= 15 is 0 Å². The third-order valence-corrected chi connectivity index (χ3v) is 10.6. The Kier molecular flexibility index (Phi) is 19.5. The van der Waals surface area contributed by atoms with Crippen LogP contribution in [0.2, 0.25) is 0 Å². The van der Waals surface area contributed by atoms with Crippen LogP contribution in [0.3, 0.4) is 0 Å². The first-order valence-corrected chi connectivity index (χ1v) is 22.5. The van der Waals surface area contributed by atoms with Gasteiger partial charge in [-0.15, -0.1) is 0 Å². The number of carbonyl (C=O) groups excluding carboxylic acids is 6. The lowest BCUT2D eigenvalue weighted by atomic mass is 10.1. The molecule has 2 fully saturated rings. The van der Waals surface area contributed by atoms with E-state index in [1.54, 1.807) is 72.8 Å². The zero-order valence-electron chi connectivity index (χ0n) is 38.8. The molecule has 0 spiro atoms. The van der Waals surface area contributed by atoms with Gasteiger partial charge in [0.25, 0.3) is 0 Å². The monoisotopic (exact) mass is 980 g/mol. The quantitative estimate of drug-likeness (QED) is 0.0171. The zero-order chi connectivity index (χ0) is 51.2. The number of carbonyl (C=O) groups is 6. The highest BCUT2D eigenvalue weighted by atomic mass is 16.7. The van der Waals surface area contributed by atoms with Crippen LogP contribution in [0.15, 0.2) is 134 Å². The van der Waals surface area contributed by atoms with Gasteiger partial charge in [0.2, 0.25) is 0 Å². The molecule has 4 aromatic carbocycles. The van der Waals surface area contributed by atoms with Gasteiger partial charge in [-0.1, -0.05) is 37.4 Å². The smallest absolute Gasteiger partial charge is 0.349 e. The van der Waals surface area contributed by atoms with Gasteiger partial charge in [-0.25, -0.2) is 28.8 Å². The number of benzene rings is 4. The molecule has 0 aromatic heterocycles. The Morgan fingerprint density at radius 2 is 0.861 bits per heavy atom. The standard InChI is InChI=1S/C54H48N2O16/c1-3-47(57)65-27-7-5-25-63-41-21-13-37(14-22-41)51(59)69-43-17-9-35(10-18-43)29-39(31-55)53(61)71-45-33-67-50-46(34-68-49(45)50)72-54(62)40(32-56)30-36-11-19-44(20-12-36)70-52(60)38-15-23-42(24-16-38)64-26-6-8-28-66-48(58)4-2/h3-4,9-24,29-30,45-46,49-50H,1-2,5-8,25-28,33-34H2/b39-29+,40-30+/t45-,46+,49-,50-/m1/s1. The predicted octanol–water partition coefficient (Wildman–Crippen LogP) is 7.04. The minimum Gasteiger partial charge on any atom is -0.494 e. The molecule has 2 aliphatic heterocycles. The summed E-state index contributed by atoms with van der Waals surface area (Å²) in [6.45, 7) is 7.76. The lowest BCUT2D eigenvalue weighted by Crippen LogP contribution is -2.36. The Morgan fingerprint density at radius 1 is 0.514 bits per heavy atom. The molecular weight excluding hydrogens is 933 g/mol. The highest BCUT2D eigenvalue weighted by Gasteiger charge is 2.51. The summed E-state index contributed by atoms with van der Waals surface area (Å²) >= 11 is 0. The van der Waals surface area contributed by atoms with Crippen LogP contribution in [0.25, 0.3) is 12.2 Å². The average Bonchev–Trinajstić information content (AvgIpc) is 4.00. The molecule has 2 aliphatic rings. The minimum atomic E-state index is -0.946. The van der Waals surface area contributed by atoms with Gasteiger partial charge in [0.1, 0.15) is 58.5 Å². The summed E-state index contributed by atoms with van der Waals surface area (Å²) in [4.78, 5) is 74.0. The number of nitriles is 2. The van der Waals surface area contributed by atoms with Crippen molar-refractivity contribution in [3.8, 4) is 35.1 Å². The molecule has 72 heavy (non-hydrogen) atoms. The molecule has 18 heteroatoms. The van der Waals surface area contributed by atoms with E-state index in [1.165, 1.54) is 36.4 Å². The minimum absolute atomic E-state index is 0.114. The van der Waals surface area contributed by atoms with E-state index in [4.69, 9.17) is 47.4 Å². The fraction of sp³-hybridized carbons (Fsp3) is 0.259. The number of esters is 6. The third-order valence-electron chi connectivity index (χ3n) is 10.6. The van der Waals surface area contributed by atoms with Crippen molar-refractivity contribution in [3.05, 3.63) is 156 Å². The summed E-state index contributed by atoms with van der Waals surface area (Å²) in [6, 6.07) is 28.6. The van der Waals surface area contributed by atoms with Crippen molar-refractivity contribution in [2.24, 2.45) is 0 Å². The Bertz CT molecular complexity index is 2540. The van der Waals surface area contributed by atoms with Gasteiger partial charge in [-0.05, 0) is 122 Å². The summed E-state index contributed by atoms with van der Waals surface area (Å²) in [5.74, 6) is -2.55. The van der Waals surface area contributed by atoms with Crippen molar-refractivity contribution < 1.29 is 76.1 Å². The maximum absolute atomic E-state index is 13.1. The molecule has 18 nitrogen and oxygen atoms in total. The summed E-state index contributed by atoms with van der Waals surface area (Å²) in [7, 11) is 0. The van der Waals surface area contributed by atoms with Gasteiger partial charge in [-0.3, -0.25) is 0 Å². The highest BCUT2D eigenvalue weighted by Crippen LogP contribution is 2.32. The van der Waals surface area contributed by atoms with Crippen LogP contribution in [0.5, 0.6) is 23.0 Å². The molecule has 0 unspecified atom stereocenters. The first-order valence-electron chi connectivity index (χ1n) is 22.5. The molecule has 4 aromatic rings. The number of ether oxygens (including phenoxy) is 10. The van der Waals surface area contributed by atoms with E-state index in [0.29, 0.717) is 61.5 Å². The van der Waals surface area contributed by atoms with Crippen molar-refractivity contribution in [2.75, 3.05) is 39.6 Å². The number of nitrogens with zero attached hydrogens (tertiary/aromatic N) is 2. The molecular formula is C54H48N2O16. The second kappa shape index (κ2) is 26.8. The normalized spacial score (nSPS) is 16.9. The van der Waals surface area contributed by atoms with Crippen molar-refractivity contribution >= 4 is 48.0 Å². The highest BCUT2D eigenvalue weighted by molar-refractivity contribution is 5.99. The largest absolute Gasteiger partial charge is 0.494 e. The van der Waals surface area contributed by atoms with Gasteiger partial charge in [0.15, 0.2) is 12.2 Å². The third kappa shape index (κ3) is 15.6. The first kappa shape index (κ1) is 52.5. The molecule has 370 valence electrons. The molecule has 0 aliphatic carbocycles. The molecule has 4 atom stereocenters. The second-order valence-corrected chi connectivity index (χ2v) is 15.6. The Morgan fingerprint density at radius 3 is 1.21 bits per heavy atom. The van der Waals surface area contributed by atoms with E-state index in [0.717, 1.165) is 12.2 Å². The second-order valence-electron chi connectivity index (χ2n) is 15.6. The molecule has 2 heterocycles. The molecule has 0 amide bonds. The van der Waals surface area contributed by atoms with Crippen LogP contribution in [0.4, 0.5) is 0 Å². The maximum Gasteiger partial charge on any atom is 0.349 e. The van der Waals surface area contributed by atoms with E-state index in [-0.39, 0.29) is 60.2 Å². The van der Waals surface area contributed by atoms with Crippen molar-refractivity contribution in [1.82, 2.24) is 0 Å². The average molecular weight is 981 g/mol. The number of hydrogen-bond donors (Lipinski definition) is 0. The van der Waals surface area contributed by atoms with E-state index in [2.05, 4.69) is 13.2 Å². The summed E-state index contributed by atoms with van der Waals surface area (Å²) < 4.78 is 54.9. The van der Waals surface area contributed by atoms with Gasteiger partial charge in [-0.2, -0.15) is 10.5 Å². The maximum atomic E-state index is 13.1. The Labute approximate surface area is 414 Å². The summed E-state index contributed by atoms with van der Waals surface area (Å²) in [6.07, 6.45) is 3.82. The van der Waals surface area contributed by atoms with Crippen LogP contribution < -0.4 is 18.9 Å². The predicted molar refractivity (Wildman–Crippen MR) is 254 cm³/mol. The fourth-order valence-corrected chi connectivity index (χ4v) is 6.86. The first-order chi connectivity index (χ1) is 35.0. The molecule has 0 saturated carbocycles. The molecule has 6 rings (SSSR count). The van der Waals surface area contributed by atoms with Crippen LogP contribution in [0.1, 0.15) is 57.5 Å². The lowest BCUT2D eigenvalue weighted by molar-refractivity contribution is -0.150. The van der Waals surface area contributed by atoms with Crippen LogP contribution in [-0.4, -0.2) is 99.9 Å². The van der Waals surface area contributed by atoms with Gasteiger partial charge >= 0.3 is 35.8 Å². The number of hydrogen-bond acceptors (Lipinski definition) is 18. The summed E-state index contributed by atoms with van der Waals surface area (Å²) in [5, 5.41) is 19.6. The van der Waals surface area contributed by atoms with E-state index in [9.17, 15) is 39.3 Å². The number of fused-ring (bicyclic) bond motifs is 1. The molecule has 0 radical (unpaired) electrons. The van der Waals surface area contributed by atoms with E-state index in [1.807, 2.05) is 12.1 Å². The number of unbranched alkanes of at least 4 members (excludes halogenated alkanes) is 2. The molecule has 0 N–H and O–H groups in total. The van der Waals surface area contributed by atoms with Crippen LogP contribution in [0, 0.1) is 22.7 Å². The molecule has 0 bridgehead atoms. The van der Waals surface area contributed by atoms with Crippen molar-refractivity contribution in [1.29, 1.82) is 10.5 Å². The fourth-order valence-electron chi connectivity index (χ4n) is 6.86. The molecule has 2 saturated heterocycles. The van der Waals surface area contributed by atoms with Gasteiger partial charge < -0.3 is 47.4 Å².